The zero-order valence-corrected chi connectivity index (χ0v) is 12.8. The molecule has 3 nitrogen and oxygen atoms in total. The van der Waals surface area contributed by atoms with E-state index in [-0.39, 0.29) is 5.91 Å². The number of nitrogens with one attached hydrogen (secondary N) is 1. The van der Waals surface area contributed by atoms with Gasteiger partial charge in [0.15, 0.2) is 0 Å². The Labute approximate surface area is 117 Å². The SMILES string of the molecule is CC1(C)C(CNC(=O)c2ccnc(Br)c2)C1(C)C. The standard InChI is InChI=1S/C14H19BrN2O/c1-13(2)10(14(13,3)4)8-17-12(18)9-5-6-16-11(15)7-9/h5-7,10H,8H2,1-4H3,(H,17,18). The number of halogens is 1. The van der Waals surface area contributed by atoms with Crippen molar-refractivity contribution in [2.24, 2.45) is 16.7 Å². The van der Waals surface area contributed by atoms with Crippen LogP contribution in [0.2, 0.25) is 0 Å². The van der Waals surface area contributed by atoms with Gasteiger partial charge in [-0.2, -0.15) is 0 Å². The maximum absolute atomic E-state index is 12.0. The molecule has 98 valence electrons. The molecule has 1 N–H and O–H groups in total. The Hall–Kier alpha value is -0.900. The fourth-order valence-electron chi connectivity index (χ4n) is 2.68. The fourth-order valence-corrected chi connectivity index (χ4v) is 3.05. The van der Waals surface area contributed by atoms with Crippen LogP contribution in [-0.2, 0) is 0 Å². The maximum atomic E-state index is 12.0. The lowest BCUT2D eigenvalue weighted by atomic mass is 10.0. The first-order valence-electron chi connectivity index (χ1n) is 6.16. The zero-order valence-electron chi connectivity index (χ0n) is 11.2. The van der Waals surface area contributed by atoms with E-state index in [1.54, 1.807) is 18.3 Å². The van der Waals surface area contributed by atoms with Gasteiger partial charge in [0.1, 0.15) is 4.60 Å². The molecule has 1 heterocycles. The molecular formula is C14H19BrN2O. The average Bonchev–Trinajstić information content (AvgIpc) is 2.66. The van der Waals surface area contributed by atoms with Crippen LogP contribution in [0.25, 0.3) is 0 Å². The molecule has 2 rings (SSSR count). The highest BCUT2D eigenvalue weighted by Gasteiger charge is 2.64. The quantitative estimate of drug-likeness (QED) is 0.871. The predicted molar refractivity (Wildman–Crippen MR) is 75.3 cm³/mol. The summed E-state index contributed by atoms with van der Waals surface area (Å²) in [5.74, 6) is 0.510. The van der Waals surface area contributed by atoms with Crippen molar-refractivity contribution >= 4 is 21.8 Å². The summed E-state index contributed by atoms with van der Waals surface area (Å²) >= 11 is 3.27. The molecule has 0 atom stereocenters. The van der Waals surface area contributed by atoms with E-state index in [1.165, 1.54) is 0 Å². The van der Waals surface area contributed by atoms with Crippen molar-refractivity contribution < 1.29 is 4.79 Å². The smallest absolute Gasteiger partial charge is 0.251 e. The van der Waals surface area contributed by atoms with E-state index >= 15 is 0 Å². The molecule has 0 saturated heterocycles. The van der Waals surface area contributed by atoms with Gasteiger partial charge in [-0.3, -0.25) is 4.79 Å². The van der Waals surface area contributed by atoms with Gasteiger partial charge in [-0.25, -0.2) is 4.98 Å². The summed E-state index contributed by atoms with van der Waals surface area (Å²) < 4.78 is 0.683. The molecule has 1 saturated carbocycles. The number of carbonyl (C=O) groups is 1. The minimum absolute atomic E-state index is 0.0309. The van der Waals surface area contributed by atoms with Gasteiger partial charge in [-0.15, -0.1) is 0 Å². The average molecular weight is 311 g/mol. The van der Waals surface area contributed by atoms with Gasteiger partial charge in [0.2, 0.25) is 0 Å². The molecule has 0 bridgehead atoms. The van der Waals surface area contributed by atoms with E-state index in [1.807, 2.05) is 0 Å². The molecule has 0 unspecified atom stereocenters. The number of hydrogen-bond acceptors (Lipinski definition) is 2. The molecule has 1 aromatic rings. The van der Waals surface area contributed by atoms with Gasteiger partial charge in [0.05, 0.1) is 0 Å². The van der Waals surface area contributed by atoms with Crippen LogP contribution in [0.5, 0.6) is 0 Å². The predicted octanol–water partition coefficient (Wildman–Crippen LogP) is 3.26. The third-order valence-corrected chi connectivity index (χ3v) is 5.21. The normalized spacial score (nSPS) is 20.5. The van der Waals surface area contributed by atoms with Crippen LogP contribution in [0.15, 0.2) is 22.9 Å². The van der Waals surface area contributed by atoms with Crippen molar-refractivity contribution in [1.29, 1.82) is 0 Å². The first-order valence-corrected chi connectivity index (χ1v) is 6.96. The van der Waals surface area contributed by atoms with E-state index in [4.69, 9.17) is 0 Å². The highest BCUT2D eigenvalue weighted by atomic mass is 79.9. The number of nitrogens with zero attached hydrogens (tertiary/aromatic N) is 1. The minimum atomic E-state index is -0.0309. The summed E-state index contributed by atoms with van der Waals surface area (Å²) in [6, 6.07) is 3.46. The second kappa shape index (κ2) is 4.34. The van der Waals surface area contributed by atoms with Gasteiger partial charge in [-0.05, 0) is 44.8 Å². The molecule has 0 aliphatic heterocycles. The van der Waals surface area contributed by atoms with E-state index in [9.17, 15) is 4.79 Å². The molecule has 4 heteroatoms. The lowest BCUT2D eigenvalue weighted by molar-refractivity contribution is 0.0949. The van der Waals surface area contributed by atoms with Gasteiger partial charge < -0.3 is 5.32 Å². The van der Waals surface area contributed by atoms with Crippen LogP contribution in [0, 0.1) is 16.7 Å². The van der Waals surface area contributed by atoms with Gasteiger partial charge in [0, 0.05) is 18.3 Å². The molecule has 1 aliphatic rings. The maximum Gasteiger partial charge on any atom is 0.251 e. The minimum Gasteiger partial charge on any atom is -0.352 e. The van der Waals surface area contributed by atoms with E-state index in [2.05, 4.69) is 53.9 Å². The molecule has 1 amide bonds. The first-order chi connectivity index (χ1) is 8.26. The van der Waals surface area contributed by atoms with Crippen LogP contribution < -0.4 is 5.32 Å². The molecule has 0 spiro atoms. The number of carbonyl (C=O) groups excluding carboxylic acids is 1. The van der Waals surface area contributed by atoms with Crippen molar-refractivity contribution in [3.05, 3.63) is 28.5 Å². The largest absolute Gasteiger partial charge is 0.352 e. The highest BCUT2D eigenvalue weighted by Crippen LogP contribution is 2.67. The second-order valence-corrected chi connectivity index (χ2v) is 6.89. The van der Waals surface area contributed by atoms with Crippen molar-refractivity contribution in [3.63, 3.8) is 0 Å². The van der Waals surface area contributed by atoms with E-state index in [0.29, 0.717) is 26.9 Å². The molecule has 0 radical (unpaired) electrons. The summed E-state index contributed by atoms with van der Waals surface area (Å²) in [5, 5.41) is 3.01. The van der Waals surface area contributed by atoms with E-state index in [0.717, 1.165) is 6.54 Å². The Morgan fingerprint density at radius 2 is 2.00 bits per heavy atom. The van der Waals surface area contributed by atoms with Gasteiger partial charge in [-0.1, -0.05) is 27.7 Å². The Kier molecular flexibility index (Phi) is 3.26. The van der Waals surface area contributed by atoms with Gasteiger partial charge >= 0.3 is 0 Å². The lowest BCUT2D eigenvalue weighted by Crippen LogP contribution is -2.27. The Bertz CT molecular complexity index is 468. The van der Waals surface area contributed by atoms with Crippen LogP contribution in [0.3, 0.4) is 0 Å². The van der Waals surface area contributed by atoms with Crippen molar-refractivity contribution in [2.75, 3.05) is 6.54 Å². The van der Waals surface area contributed by atoms with Crippen LogP contribution in [-0.4, -0.2) is 17.4 Å². The topological polar surface area (TPSA) is 42.0 Å². The summed E-state index contributed by atoms with van der Waals surface area (Å²) in [5.41, 5.74) is 1.26. The Morgan fingerprint density at radius 3 is 2.50 bits per heavy atom. The van der Waals surface area contributed by atoms with Crippen LogP contribution >= 0.6 is 15.9 Å². The second-order valence-electron chi connectivity index (χ2n) is 6.07. The highest BCUT2D eigenvalue weighted by molar-refractivity contribution is 9.10. The van der Waals surface area contributed by atoms with Crippen molar-refractivity contribution in [3.8, 4) is 0 Å². The number of hydrogen-bond donors (Lipinski definition) is 1. The number of pyridine rings is 1. The van der Waals surface area contributed by atoms with Crippen molar-refractivity contribution in [1.82, 2.24) is 10.3 Å². The third-order valence-electron chi connectivity index (χ3n) is 4.78. The number of aromatic nitrogens is 1. The first kappa shape index (κ1) is 13.5. The zero-order chi connectivity index (χ0) is 13.6. The van der Waals surface area contributed by atoms with Crippen molar-refractivity contribution in [2.45, 2.75) is 27.7 Å². The molecule has 1 aromatic heterocycles. The van der Waals surface area contributed by atoms with Crippen LogP contribution in [0.4, 0.5) is 0 Å². The Morgan fingerprint density at radius 1 is 1.39 bits per heavy atom. The van der Waals surface area contributed by atoms with Crippen LogP contribution in [0.1, 0.15) is 38.1 Å². The number of rotatable bonds is 3. The van der Waals surface area contributed by atoms with Gasteiger partial charge in [0.25, 0.3) is 5.91 Å². The Balaban J connectivity index is 1.95. The lowest BCUT2D eigenvalue weighted by Gasteiger charge is -2.06. The summed E-state index contributed by atoms with van der Waals surface area (Å²) in [4.78, 5) is 16.0. The molecule has 18 heavy (non-hydrogen) atoms. The molecule has 1 fully saturated rings. The molecule has 1 aliphatic carbocycles. The summed E-state index contributed by atoms with van der Waals surface area (Å²) in [7, 11) is 0. The third kappa shape index (κ3) is 2.18. The molecule has 0 aromatic carbocycles. The summed E-state index contributed by atoms with van der Waals surface area (Å²) in [6.45, 7) is 9.76. The summed E-state index contributed by atoms with van der Waals surface area (Å²) in [6.07, 6.45) is 1.63. The fraction of sp³-hybridized carbons (Fsp3) is 0.571. The molecular weight excluding hydrogens is 292 g/mol. The van der Waals surface area contributed by atoms with E-state index < -0.39 is 0 Å². The monoisotopic (exact) mass is 310 g/mol. The number of amides is 1.